The average molecular weight is 381 g/mol. The Kier molecular flexibility index (Phi) is 7.91. The van der Waals surface area contributed by atoms with Gasteiger partial charge in [0.05, 0.1) is 22.4 Å². The lowest BCUT2D eigenvalue weighted by Gasteiger charge is -2.30. The quantitative estimate of drug-likeness (QED) is 0.557. The standard InChI is InChI=1S/C14H19Cl2N5O.ClH/c1-18-14(22)19-13(17)21(9-20-7-2-3-8-20)12-10(15)5-4-6-11(12)16;/h4-6H,2-3,7-9H2,1H3,(H3,17,18,19,22);1H. The molecule has 6 nitrogen and oxygen atoms in total. The lowest BCUT2D eigenvalue weighted by Crippen LogP contribution is -2.50. The maximum absolute atomic E-state index is 11.5. The van der Waals surface area contributed by atoms with E-state index in [1.54, 1.807) is 23.1 Å². The summed E-state index contributed by atoms with van der Waals surface area (Å²) < 4.78 is 0. The van der Waals surface area contributed by atoms with E-state index in [9.17, 15) is 4.79 Å². The highest BCUT2D eigenvalue weighted by atomic mass is 35.5. The topological polar surface area (TPSA) is 71.5 Å². The third-order valence-electron chi connectivity index (χ3n) is 3.48. The number of carbonyl (C=O) groups excluding carboxylic acids is 1. The number of anilines is 1. The minimum absolute atomic E-state index is 0. The van der Waals surface area contributed by atoms with Crippen molar-refractivity contribution in [2.45, 2.75) is 12.8 Å². The maximum atomic E-state index is 11.5. The molecule has 0 unspecified atom stereocenters. The molecule has 0 atom stereocenters. The monoisotopic (exact) mass is 379 g/mol. The summed E-state index contributed by atoms with van der Waals surface area (Å²) in [6.07, 6.45) is 2.25. The van der Waals surface area contributed by atoms with E-state index in [4.69, 9.17) is 28.6 Å². The molecular weight excluding hydrogens is 361 g/mol. The molecular formula is C14H20Cl3N5O. The molecule has 1 aromatic carbocycles. The number of urea groups is 1. The molecule has 0 bridgehead atoms. The lowest BCUT2D eigenvalue weighted by molar-refractivity contribution is 0.247. The van der Waals surface area contributed by atoms with Crippen molar-refractivity contribution < 1.29 is 4.79 Å². The van der Waals surface area contributed by atoms with Crippen molar-refractivity contribution in [2.75, 3.05) is 31.7 Å². The molecule has 9 heteroatoms. The van der Waals surface area contributed by atoms with Gasteiger partial charge in [-0.2, -0.15) is 0 Å². The molecule has 1 fully saturated rings. The molecule has 1 aromatic rings. The maximum Gasteiger partial charge on any atom is 0.321 e. The third-order valence-corrected chi connectivity index (χ3v) is 4.09. The van der Waals surface area contributed by atoms with E-state index < -0.39 is 6.03 Å². The summed E-state index contributed by atoms with van der Waals surface area (Å²) in [6, 6.07) is 4.72. The van der Waals surface area contributed by atoms with Crippen LogP contribution < -0.4 is 15.5 Å². The number of nitrogens with one attached hydrogen (secondary N) is 3. The highest BCUT2D eigenvalue weighted by molar-refractivity contribution is 6.40. The van der Waals surface area contributed by atoms with Crippen LogP contribution in [0, 0.1) is 5.41 Å². The van der Waals surface area contributed by atoms with Gasteiger partial charge in [-0.15, -0.1) is 12.4 Å². The summed E-state index contributed by atoms with van der Waals surface area (Å²) in [7, 11) is 1.50. The first kappa shape index (κ1) is 19.8. The molecule has 1 heterocycles. The van der Waals surface area contributed by atoms with Gasteiger partial charge in [0.2, 0.25) is 5.96 Å². The largest absolute Gasteiger partial charge is 0.341 e. The van der Waals surface area contributed by atoms with E-state index in [1.807, 2.05) is 0 Å². The van der Waals surface area contributed by atoms with E-state index in [0.717, 1.165) is 25.9 Å². The molecule has 2 amide bonds. The van der Waals surface area contributed by atoms with Gasteiger partial charge in [-0.1, -0.05) is 29.3 Å². The molecule has 0 saturated carbocycles. The molecule has 1 aliphatic rings. The second-order valence-corrected chi connectivity index (χ2v) is 5.83. The number of para-hydroxylation sites is 1. The van der Waals surface area contributed by atoms with Crippen molar-refractivity contribution in [1.29, 1.82) is 5.41 Å². The van der Waals surface area contributed by atoms with Gasteiger partial charge in [-0.3, -0.25) is 20.5 Å². The fraction of sp³-hybridized carbons (Fsp3) is 0.429. The van der Waals surface area contributed by atoms with Crippen molar-refractivity contribution in [2.24, 2.45) is 0 Å². The SMILES string of the molecule is CNC(=O)NC(=N)N(CN1CCCC1)c1c(Cl)cccc1Cl.Cl. The number of benzene rings is 1. The van der Waals surface area contributed by atoms with Gasteiger partial charge < -0.3 is 5.32 Å². The van der Waals surface area contributed by atoms with Crippen LogP contribution in [0.1, 0.15) is 12.8 Å². The van der Waals surface area contributed by atoms with E-state index in [1.165, 1.54) is 7.05 Å². The Labute approximate surface area is 152 Å². The van der Waals surface area contributed by atoms with E-state index >= 15 is 0 Å². The Morgan fingerprint density at radius 3 is 2.39 bits per heavy atom. The number of halogens is 3. The van der Waals surface area contributed by atoms with Crippen LogP contribution in [-0.2, 0) is 0 Å². The second-order valence-electron chi connectivity index (χ2n) is 5.02. The van der Waals surface area contributed by atoms with Crippen LogP contribution in [0.15, 0.2) is 18.2 Å². The predicted octanol–water partition coefficient (Wildman–Crippen LogP) is 3.14. The Bertz CT molecular complexity index is 543. The minimum atomic E-state index is -0.459. The summed E-state index contributed by atoms with van der Waals surface area (Å²) in [6.45, 7) is 2.35. The summed E-state index contributed by atoms with van der Waals surface area (Å²) in [5.41, 5.74) is 0.527. The number of hydrogen-bond donors (Lipinski definition) is 3. The number of rotatable bonds is 3. The summed E-state index contributed by atoms with van der Waals surface area (Å²) in [5, 5.41) is 14.0. The molecule has 0 spiro atoms. The van der Waals surface area contributed by atoms with Crippen molar-refractivity contribution in [1.82, 2.24) is 15.5 Å². The van der Waals surface area contributed by atoms with Crippen molar-refractivity contribution in [3.05, 3.63) is 28.2 Å². The minimum Gasteiger partial charge on any atom is -0.341 e. The van der Waals surface area contributed by atoms with Crippen LogP contribution in [0.5, 0.6) is 0 Å². The predicted molar refractivity (Wildman–Crippen MR) is 97.2 cm³/mol. The molecule has 1 aliphatic heterocycles. The zero-order chi connectivity index (χ0) is 16.1. The summed E-state index contributed by atoms with van der Waals surface area (Å²) in [4.78, 5) is 15.3. The van der Waals surface area contributed by atoms with Crippen LogP contribution >= 0.6 is 35.6 Å². The number of hydrogen-bond acceptors (Lipinski definition) is 3. The Hall–Kier alpha value is -1.21. The zero-order valence-electron chi connectivity index (χ0n) is 12.7. The zero-order valence-corrected chi connectivity index (χ0v) is 15.1. The number of carbonyl (C=O) groups is 1. The lowest BCUT2D eigenvalue weighted by atomic mass is 10.3. The van der Waals surface area contributed by atoms with Crippen LogP contribution in [0.25, 0.3) is 0 Å². The van der Waals surface area contributed by atoms with Crippen LogP contribution in [0.4, 0.5) is 10.5 Å². The smallest absolute Gasteiger partial charge is 0.321 e. The van der Waals surface area contributed by atoms with Gasteiger partial charge in [0, 0.05) is 7.05 Å². The highest BCUT2D eigenvalue weighted by Crippen LogP contribution is 2.33. The average Bonchev–Trinajstić information content (AvgIpc) is 2.98. The molecule has 1 saturated heterocycles. The van der Waals surface area contributed by atoms with Crippen LogP contribution in [0.2, 0.25) is 10.0 Å². The van der Waals surface area contributed by atoms with Crippen molar-refractivity contribution in [3.8, 4) is 0 Å². The molecule has 3 N–H and O–H groups in total. The molecule has 0 aliphatic carbocycles. The van der Waals surface area contributed by atoms with E-state index in [2.05, 4.69) is 15.5 Å². The first-order chi connectivity index (χ1) is 10.5. The van der Waals surface area contributed by atoms with E-state index in [-0.39, 0.29) is 18.4 Å². The third kappa shape index (κ3) is 5.14. The van der Waals surface area contributed by atoms with Crippen LogP contribution in [0.3, 0.4) is 0 Å². The van der Waals surface area contributed by atoms with Gasteiger partial charge in [0.1, 0.15) is 0 Å². The number of nitrogens with zero attached hydrogens (tertiary/aromatic N) is 2. The fourth-order valence-electron chi connectivity index (χ4n) is 2.36. The summed E-state index contributed by atoms with van der Waals surface area (Å²) in [5.74, 6) is -0.0683. The Morgan fingerprint density at radius 2 is 1.87 bits per heavy atom. The number of amides is 2. The van der Waals surface area contributed by atoms with E-state index in [0.29, 0.717) is 22.4 Å². The Morgan fingerprint density at radius 1 is 1.30 bits per heavy atom. The van der Waals surface area contributed by atoms with Gasteiger partial charge in [-0.05, 0) is 38.1 Å². The van der Waals surface area contributed by atoms with Gasteiger partial charge in [0.25, 0.3) is 0 Å². The molecule has 0 aromatic heterocycles. The molecule has 0 radical (unpaired) electrons. The molecule has 128 valence electrons. The second kappa shape index (κ2) is 9.17. The Balaban J connectivity index is 0.00000264. The normalized spacial score (nSPS) is 14.0. The van der Waals surface area contributed by atoms with Gasteiger partial charge in [0.15, 0.2) is 0 Å². The first-order valence-electron chi connectivity index (χ1n) is 7.04. The number of likely N-dealkylation sites (tertiary alicyclic amines) is 1. The van der Waals surface area contributed by atoms with Crippen molar-refractivity contribution in [3.63, 3.8) is 0 Å². The highest BCUT2D eigenvalue weighted by Gasteiger charge is 2.23. The summed E-state index contributed by atoms with van der Waals surface area (Å²) >= 11 is 12.5. The first-order valence-corrected chi connectivity index (χ1v) is 7.79. The molecule has 2 rings (SSSR count). The van der Waals surface area contributed by atoms with Gasteiger partial charge >= 0.3 is 6.03 Å². The molecule has 23 heavy (non-hydrogen) atoms. The van der Waals surface area contributed by atoms with Gasteiger partial charge in [-0.25, -0.2) is 4.79 Å². The van der Waals surface area contributed by atoms with Crippen molar-refractivity contribution >= 4 is 53.3 Å². The van der Waals surface area contributed by atoms with Crippen LogP contribution in [-0.4, -0.2) is 43.7 Å². The fourth-order valence-corrected chi connectivity index (χ4v) is 2.96. The number of guanidine groups is 1.